The van der Waals surface area contributed by atoms with E-state index in [2.05, 4.69) is 28.9 Å². The number of hydrogen-bond acceptors (Lipinski definition) is 2. The highest BCUT2D eigenvalue weighted by Crippen LogP contribution is 2.36. The summed E-state index contributed by atoms with van der Waals surface area (Å²) in [4.78, 5) is 0. The largest absolute Gasteiger partial charge is 0.493 e. The Morgan fingerprint density at radius 2 is 1.95 bits per heavy atom. The van der Waals surface area contributed by atoms with Gasteiger partial charge in [-0.15, -0.1) is 0 Å². The Morgan fingerprint density at radius 3 is 2.53 bits per heavy atom. The molecule has 0 aromatic heterocycles. The summed E-state index contributed by atoms with van der Waals surface area (Å²) in [5.41, 5.74) is 1.16. The van der Waals surface area contributed by atoms with Crippen molar-refractivity contribution < 1.29 is 9.47 Å². The standard InChI is InChI=1S/C16H23BrO2/c1-3-12-7-9-14(10-8-12)19-16-13(11-17)5-4-6-15(16)18-2/h4-6,12,14H,3,7-11H2,1-2H3. The molecule has 0 atom stereocenters. The molecule has 3 heteroatoms. The van der Waals surface area contributed by atoms with E-state index in [9.17, 15) is 0 Å². The SMILES string of the molecule is CCC1CCC(Oc2c(CBr)cccc2OC)CC1. The lowest BCUT2D eigenvalue weighted by molar-refractivity contribution is 0.125. The van der Waals surface area contributed by atoms with E-state index in [4.69, 9.17) is 9.47 Å². The molecule has 1 aliphatic rings. The molecule has 0 heterocycles. The third kappa shape index (κ3) is 3.65. The first kappa shape index (κ1) is 14.7. The number of benzene rings is 1. The van der Waals surface area contributed by atoms with Gasteiger partial charge in [0, 0.05) is 10.9 Å². The summed E-state index contributed by atoms with van der Waals surface area (Å²) in [5, 5.41) is 0.795. The van der Waals surface area contributed by atoms with Crippen molar-refractivity contribution in [2.45, 2.75) is 50.5 Å². The third-order valence-corrected chi connectivity index (χ3v) is 4.68. The second-order valence-corrected chi connectivity index (χ2v) is 5.81. The van der Waals surface area contributed by atoms with Gasteiger partial charge >= 0.3 is 0 Å². The lowest BCUT2D eigenvalue weighted by Crippen LogP contribution is -2.24. The molecule has 19 heavy (non-hydrogen) atoms. The van der Waals surface area contributed by atoms with Crippen molar-refractivity contribution in [3.8, 4) is 11.5 Å². The highest BCUT2D eigenvalue weighted by Gasteiger charge is 2.23. The van der Waals surface area contributed by atoms with Crippen LogP contribution in [0.1, 0.15) is 44.6 Å². The van der Waals surface area contributed by atoms with Gasteiger partial charge in [-0.3, -0.25) is 0 Å². The van der Waals surface area contributed by atoms with Crippen LogP contribution < -0.4 is 9.47 Å². The average Bonchev–Trinajstić information content (AvgIpc) is 2.48. The van der Waals surface area contributed by atoms with Gasteiger partial charge in [-0.25, -0.2) is 0 Å². The topological polar surface area (TPSA) is 18.5 Å². The molecule has 0 aliphatic heterocycles. The number of halogens is 1. The predicted molar refractivity (Wildman–Crippen MR) is 82.3 cm³/mol. The van der Waals surface area contributed by atoms with Crippen LogP contribution in [0.3, 0.4) is 0 Å². The molecular formula is C16H23BrO2. The molecule has 1 aromatic rings. The average molecular weight is 327 g/mol. The zero-order chi connectivity index (χ0) is 13.7. The number of alkyl halides is 1. The molecule has 0 bridgehead atoms. The monoisotopic (exact) mass is 326 g/mol. The summed E-state index contributed by atoms with van der Waals surface area (Å²) >= 11 is 3.52. The van der Waals surface area contributed by atoms with E-state index in [-0.39, 0.29) is 0 Å². The van der Waals surface area contributed by atoms with Crippen LogP contribution in [0.4, 0.5) is 0 Å². The fraction of sp³-hybridized carbons (Fsp3) is 0.625. The van der Waals surface area contributed by atoms with Crippen LogP contribution in [0.15, 0.2) is 18.2 Å². The molecular weight excluding hydrogens is 304 g/mol. The van der Waals surface area contributed by atoms with E-state index < -0.39 is 0 Å². The Bertz CT molecular complexity index is 375. The highest BCUT2D eigenvalue weighted by molar-refractivity contribution is 9.08. The van der Waals surface area contributed by atoms with Crippen molar-refractivity contribution in [1.29, 1.82) is 0 Å². The summed E-state index contributed by atoms with van der Waals surface area (Å²) in [6.07, 6.45) is 6.56. The summed E-state index contributed by atoms with van der Waals surface area (Å²) in [6, 6.07) is 6.07. The van der Waals surface area contributed by atoms with E-state index in [1.54, 1.807) is 7.11 Å². The fourth-order valence-corrected chi connectivity index (χ4v) is 3.23. The lowest BCUT2D eigenvalue weighted by atomic mass is 9.86. The van der Waals surface area contributed by atoms with Crippen LogP contribution >= 0.6 is 15.9 Å². The molecule has 2 rings (SSSR count). The number of ether oxygens (including phenoxy) is 2. The van der Waals surface area contributed by atoms with E-state index in [0.717, 1.165) is 41.2 Å². The van der Waals surface area contributed by atoms with Gasteiger partial charge in [-0.2, -0.15) is 0 Å². The van der Waals surface area contributed by atoms with Crippen molar-refractivity contribution in [3.05, 3.63) is 23.8 Å². The lowest BCUT2D eigenvalue weighted by Gasteiger charge is -2.29. The Kier molecular flexibility index (Phi) is 5.56. The van der Waals surface area contributed by atoms with Crippen LogP contribution in [-0.2, 0) is 5.33 Å². The molecule has 0 spiro atoms. The molecule has 0 N–H and O–H groups in total. The molecule has 0 saturated heterocycles. The number of para-hydroxylation sites is 1. The van der Waals surface area contributed by atoms with Crippen LogP contribution in [-0.4, -0.2) is 13.2 Å². The molecule has 0 amide bonds. The van der Waals surface area contributed by atoms with Crippen LogP contribution in [0.2, 0.25) is 0 Å². The summed E-state index contributed by atoms with van der Waals surface area (Å²) in [7, 11) is 1.70. The van der Waals surface area contributed by atoms with Crippen molar-refractivity contribution in [1.82, 2.24) is 0 Å². The van der Waals surface area contributed by atoms with Crippen molar-refractivity contribution in [3.63, 3.8) is 0 Å². The van der Waals surface area contributed by atoms with Gasteiger partial charge in [-0.1, -0.05) is 41.4 Å². The third-order valence-electron chi connectivity index (χ3n) is 4.08. The highest BCUT2D eigenvalue weighted by atomic mass is 79.9. The van der Waals surface area contributed by atoms with Crippen LogP contribution in [0, 0.1) is 5.92 Å². The van der Waals surface area contributed by atoms with Crippen LogP contribution in [0.25, 0.3) is 0 Å². The second-order valence-electron chi connectivity index (χ2n) is 5.25. The van der Waals surface area contributed by atoms with Gasteiger partial charge in [0.2, 0.25) is 0 Å². The van der Waals surface area contributed by atoms with Gasteiger partial charge in [-0.05, 0) is 37.7 Å². The first-order valence-corrected chi connectivity index (χ1v) is 8.29. The summed E-state index contributed by atoms with van der Waals surface area (Å²) in [5.74, 6) is 2.66. The molecule has 2 nitrogen and oxygen atoms in total. The molecule has 1 aliphatic carbocycles. The van der Waals surface area contributed by atoms with Crippen LogP contribution in [0.5, 0.6) is 11.5 Å². The number of methoxy groups -OCH3 is 1. The summed E-state index contributed by atoms with van der Waals surface area (Å²) in [6.45, 7) is 2.29. The Balaban J connectivity index is 2.06. The Morgan fingerprint density at radius 1 is 1.21 bits per heavy atom. The van der Waals surface area contributed by atoms with Gasteiger partial charge < -0.3 is 9.47 Å². The van der Waals surface area contributed by atoms with Crippen molar-refractivity contribution in [2.75, 3.05) is 7.11 Å². The maximum absolute atomic E-state index is 6.24. The maximum atomic E-state index is 6.24. The Hall–Kier alpha value is -0.700. The zero-order valence-electron chi connectivity index (χ0n) is 11.8. The van der Waals surface area contributed by atoms with E-state index >= 15 is 0 Å². The first-order valence-electron chi connectivity index (χ1n) is 7.17. The minimum absolute atomic E-state index is 0.344. The number of hydrogen-bond donors (Lipinski definition) is 0. The fourth-order valence-electron chi connectivity index (χ4n) is 2.79. The first-order chi connectivity index (χ1) is 9.28. The van der Waals surface area contributed by atoms with E-state index in [1.165, 1.54) is 19.3 Å². The smallest absolute Gasteiger partial charge is 0.165 e. The normalized spacial score (nSPS) is 23.1. The van der Waals surface area contributed by atoms with Crippen molar-refractivity contribution in [2.24, 2.45) is 5.92 Å². The molecule has 0 radical (unpaired) electrons. The number of rotatable bonds is 5. The molecule has 106 valence electrons. The Labute approximate surface area is 124 Å². The zero-order valence-corrected chi connectivity index (χ0v) is 13.4. The second kappa shape index (κ2) is 7.18. The maximum Gasteiger partial charge on any atom is 0.165 e. The van der Waals surface area contributed by atoms with Gasteiger partial charge in [0.1, 0.15) is 0 Å². The van der Waals surface area contributed by atoms with Crippen molar-refractivity contribution >= 4 is 15.9 Å². The van der Waals surface area contributed by atoms with E-state index in [0.29, 0.717) is 6.10 Å². The minimum Gasteiger partial charge on any atom is -0.493 e. The quantitative estimate of drug-likeness (QED) is 0.713. The van der Waals surface area contributed by atoms with Gasteiger partial charge in [0.25, 0.3) is 0 Å². The molecule has 0 unspecified atom stereocenters. The molecule has 1 saturated carbocycles. The molecule has 1 fully saturated rings. The predicted octanol–water partition coefficient (Wildman–Crippen LogP) is 4.94. The van der Waals surface area contributed by atoms with Gasteiger partial charge in [0.15, 0.2) is 11.5 Å². The van der Waals surface area contributed by atoms with Gasteiger partial charge in [0.05, 0.1) is 13.2 Å². The summed E-state index contributed by atoms with van der Waals surface area (Å²) < 4.78 is 11.7. The van der Waals surface area contributed by atoms with E-state index in [1.807, 2.05) is 12.1 Å². The molecule has 1 aromatic carbocycles. The minimum atomic E-state index is 0.344.